The van der Waals surface area contributed by atoms with Gasteiger partial charge in [-0.25, -0.2) is 13.8 Å². The number of carboxylic acids is 1. The molecular formula is C15H14BFN2O5S. The van der Waals surface area contributed by atoms with Crippen molar-refractivity contribution in [2.24, 2.45) is 5.14 Å². The quantitative estimate of drug-likeness (QED) is 0.687. The first-order chi connectivity index (χ1) is 11.7. The van der Waals surface area contributed by atoms with Crippen LogP contribution in [0.1, 0.15) is 5.56 Å². The molecule has 3 N–H and O–H groups in total. The van der Waals surface area contributed by atoms with Crippen LogP contribution < -0.4 is 19.6 Å². The fourth-order valence-electron chi connectivity index (χ4n) is 2.10. The second-order valence-electron chi connectivity index (χ2n) is 5.07. The van der Waals surface area contributed by atoms with Crippen molar-refractivity contribution in [1.82, 2.24) is 0 Å². The van der Waals surface area contributed by atoms with Gasteiger partial charge in [-0.3, -0.25) is 4.79 Å². The summed E-state index contributed by atoms with van der Waals surface area (Å²) >= 11 is 0. The number of nitrogens with zero attached hydrogens (tertiary/aromatic N) is 1. The minimum Gasteiger partial charge on any atom is -0.487 e. The molecule has 2 radical (unpaired) electrons. The second kappa shape index (κ2) is 7.54. The van der Waals surface area contributed by atoms with Gasteiger partial charge in [-0.2, -0.15) is 8.42 Å². The highest BCUT2D eigenvalue weighted by Gasteiger charge is 2.28. The lowest BCUT2D eigenvalue weighted by atomic mass is 9.95. The number of nitrogens with two attached hydrogens (primary N) is 1. The van der Waals surface area contributed by atoms with Gasteiger partial charge in [0.2, 0.25) is 0 Å². The summed E-state index contributed by atoms with van der Waals surface area (Å²) in [5, 5.41) is 13.9. The number of benzene rings is 2. The average molecular weight is 364 g/mol. The molecule has 0 aromatic heterocycles. The molecule has 0 aliphatic carbocycles. The second-order valence-corrected chi connectivity index (χ2v) is 6.54. The smallest absolute Gasteiger partial charge is 0.324 e. The Bertz CT molecular complexity index is 877. The molecule has 10 heteroatoms. The molecule has 2 aromatic rings. The molecule has 0 unspecified atom stereocenters. The Morgan fingerprint density at radius 2 is 1.92 bits per heavy atom. The van der Waals surface area contributed by atoms with Crippen LogP contribution in [0.4, 0.5) is 10.1 Å². The minimum absolute atomic E-state index is 0.0116. The van der Waals surface area contributed by atoms with E-state index < -0.39 is 34.2 Å². The first-order valence-corrected chi connectivity index (χ1v) is 8.47. The molecule has 0 saturated carbocycles. The Morgan fingerprint density at radius 3 is 2.48 bits per heavy atom. The molecule has 2 rings (SSSR count). The highest BCUT2D eigenvalue weighted by Crippen LogP contribution is 2.32. The zero-order valence-corrected chi connectivity index (χ0v) is 13.7. The van der Waals surface area contributed by atoms with Crippen molar-refractivity contribution in [3.05, 3.63) is 53.8 Å². The van der Waals surface area contributed by atoms with Gasteiger partial charge in [0.25, 0.3) is 10.2 Å². The van der Waals surface area contributed by atoms with Crippen LogP contribution in [0.2, 0.25) is 0 Å². The maximum absolute atomic E-state index is 14.4. The van der Waals surface area contributed by atoms with Gasteiger partial charge in [0.15, 0.2) is 5.82 Å². The Balaban J connectivity index is 2.46. The van der Waals surface area contributed by atoms with Crippen LogP contribution >= 0.6 is 0 Å². The molecule has 0 aliphatic rings. The van der Waals surface area contributed by atoms with E-state index in [0.717, 1.165) is 11.6 Å². The van der Waals surface area contributed by atoms with E-state index in [1.54, 1.807) is 30.3 Å². The first kappa shape index (κ1) is 18.7. The topological polar surface area (TPSA) is 110 Å². The van der Waals surface area contributed by atoms with E-state index in [2.05, 4.69) is 0 Å². The van der Waals surface area contributed by atoms with Gasteiger partial charge in [0, 0.05) is 0 Å². The lowest BCUT2D eigenvalue weighted by molar-refractivity contribution is -0.135. The fraction of sp³-hybridized carbons (Fsp3) is 0.133. The van der Waals surface area contributed by atoms with E-state index in [4.69, 9.17) is 22.8 Å². The number of hydrogen-bond acceptors (Lipinski definition) is 4. The first-order valence-electron chi connectivity index (χ1n) is 6.96. The normalized spacial score (nSPS) is 11.1. The van der Waals surface area contributed by atoms with Crippen LogP contribution in [0.25, 0.3) is 0 Å². The number of halogens is 1. The Labute approximate surface area is 145 Å². The molecule has 0 amide bonds. The summed E-state index contributed by atoms with van der Waals surface area (Å²) in [4.78, 5) is 10.9. The lowest BCUT2D eigenvalue weighted by Crippen LogP contribution is -2.41. The van der Waals surface area contributed by atoms with E-state index in [0.29, 0.717) is 0 Å². The van der Waals surface area contributed by atoms with E-state index in [1.165, 1.54) is 6.07 Å². The van der Waals surface area contributed by atoms with Gasteiger partial charge in [-0.1, -0.05) is 35.8 Å². The summed E-state index contributed by atoms with van der Waals surface area (Å²) in [5.41, 5.74) is 0.0979. The molecule has 130 valence electrons. The van der Waals surface area contributed by atoms with Crippen molar-refractivity contribution in [3.63, 3.8) is 0 Å². The summed E-state index contributed by atoms with van der Waals surface area (Å²) in [6.45, 7) is -1.08. The number of ether oxygens (including phenoxy) is 1. The van der Waals surface area contributed by atoms with E-state index >= 15 is 0 Å². The SMILES string of the molecule is [B]c1cc(F)c(N(CC(=O)O)S(N)(=O)=O)c(OCc2ccccc2)c1. The third-order valence-corrected chi connectivity index (χ3v) is 4.05. The van der Waals surface area contributed by atoms with Crippen LogP contribution in [0.15, 0.2) is 42.5 Å². The van der Waals surface area contributed by atoms with Crippen LogP contribution in [0.5, 0.6) is 5.75 Å². The maximum Gasteiger partial charge on any atom is 0.324 e. The van der Waals surface area contributed by atoms with E-state index in [9.17, 15) is 17.6 Å². The van der Waals surface area contributed by atoms with Crippen LogP contribution in [0.3, 0.4) is 0 Å². The number of rotatable bonds is 7. The lowest BCUT2D eigenvalue weighted by Gasteiger charge is -2.23. The number of aliphatic carboxylic acids is 1. The highest BCUT2D eigenvalue weighted by atomic mass is 32.2. The van der Waals surface area contributed by atoms with Crippen molar-refractivity contribution < 1.29 is 27.4 Å². The molecule has 0 bridgehead atoms. The number of carbonyl (C=O) groups is 1. The fourth-order valence-corrected chi connectivity index (χ4v) is 2.82. The van der Waals surface area contributed by atoms with Crippen LogP contribution in [-0.2, 0) is 21.6 Å². The zero-order chi connectivity index (χ0) is 18.6. The monoisotopic (exact) mass is 364 g/mol. The molecule has 0 spiro atoms. The number of anilines is 1. The predicted molar refractivity (Wildman–Crippen MR) is 90.7 cm³/mol. The summed E-state index contributed by atoms with van der Waals surface area (Å²) in [7, 11) is 1.01. The van der Waals surface area contributed by atoms with Crippen molar-refractivity contribution in [1.29, 1.82) is 0 Å². The van der Waals surface area contributed by atoms with Gasteiger partial charge >= 0.3 is 5.97 Å². The van der Waals surface area contributed by atoms with Crippen LogP contribution in [-0.4, -0.2) is 33.9 Å². The van der Waals surface area contributed by atoms with Crippen molar-refractivity contribution in [3.8, 4) is 5.75 Å². The number of hydrogen-bond donors (Lipinski definition) is 2. The van der Waals surface area contributed by atoms with Gasteiger partial charge in [-0.05, 0) is 17.7 Å². The summed E-state index contributed by atoms with van der Waals surface area (Å²) in [6.07, 6.45) is 0. The molecular weight excluding hydrogens is 350 g/mol. The van der Waals surface area contributed by atoms with Gasteiger partial charge in [0.05, 0.1) is 0 Å². The van der Waals surface area contributed by atoms with E-state index in [-0.39, 0.29) is 22.1 Å². The van der Waals surface area contributed by atoms with Gasteiger partial charge < -0.3 is 9.84 Å². The number of carboxylic acid groups (broad SMARTS) is 1. The molecule has 0 heterocycles. The Hall–Kier alpha value is -2.59. The maximum atomic E-state index is 14.4. The molecule has 0 atom stereocenters. The Kier molecular flexibility index (Phi) is 5.65. The van der Waals surface area contributed by atoms with E-state index in [1.807, 2.05) is 0 Å². The van der Waals surface area contributed by atoms with Crippen molar-refractivity contribution >= 4 is 35.2 Å². The molecule has 7 nitrogen and oxygen atoms in total. The highest BCUT2D eigenvalue weighted by molar-refractivity contribution is 7.90. The summed E-state index contributed by atoms with van der Waals surface area (Å²) < 4.78 is 43.5. The minimum atomic E-state index is -4.56. The van der Waals surface area contributed by atoms with Gasteiger partial charge in [-0.15, -0.1) is 0 Å². The van der Waals surface area contributed by atoms with Gasteiger partial charge in [0.1, 0.15) is 32.4 Å². The van der Waals surface area contributed by atoms with Crippen molar-refractivity contribution in [2.75, 3.05) is 10.8 Å². The van der Waals surface area contributed by atoms with Crippen molar-refractivity contribution in [2.45, 2.75) is 6.61 Å². The Morgan fingerprint density at radius 1 is 1.28 bits per heavy atom. The third kappa shape index (κ3) is 4.94. The largest absolute Gasteiger partial charge is 0.487 e. The molecule has 25 heavy (non-hydrogen) atoms. The molecule has 0 saturated heterocycles. The molecule has 0 aliphatic heterocycles. The van der Waals surface area contributed by atoms with Crippen LogP contribution in [0, 0.1) is 5.82 Å². The molecule has 2 aromatic carbocycles. The third-order valence-electron chi connectivity index (χ3n) is 3.12. The summed E-state index contributed by atoms with van der Waals surface area (Å²) in [5.74, 6) is -2.82. The standard InChI is InChI=1S/C15H14BFN2O5S/c16-11-6-12(17)15(19(8-14(20)21)25(18,22)23)13(7-11)24-9-10-4-2-1-3-5-10/h1-7H,8-9H2,(H,20,21)(H2,18,22,23). The zero-order valence-electron chi connectivity index (χ0n) is 12.9. The predicted octanol–water partition coefficient (Wildman–Crippen LogP) is 0.293. The average Bonchev–Trinajstić information content (AvgIpc) is 2.50. The molecule has 0 fully saturated rings. The summed E-state index contributed by atoms with van der Waals surface area (Å²) in [6, 6.07) is 10.9.